The van der Waals surface area contributed by atoms with E-state index in [-0.39, 0.29) is 24.5 Å². The van der Waals surface area contributed by atoms with Crippen LogP contribution in [0.4, 0.5) is 5.69 Å². The highest BCUT2D eigenvalue weighted by atomic mass is 16.6. The fourth-order valence-corrected chi connectivity index (χ4v) is 5.71. The molecule has 0 saturated heterocycles. The normalized spacial score (nSPS) is 16.7. The third kappa shape index (κ3) is 8.82. The van der Waals surface area contributed by atoms with Crippen LogP contribution in [0.3, 0.4) is 0 Å². The maximum atomic E-state index is 13.6. The molecule has 0 aliphatic carbocycles. The Kier molecular flexibility index (Phi) is 11.7. The number of carbonyl (C=O) groups excluding carboxylic acids is 2. The van der Waals surface area contributed by atoms with Crippen molar-refractivity contribution in [1.29, 1.82) is 0 Å². The highest BCUT2D eigenvalue weighted by Gasteiger charge is 2.42. The van der Waals surface area contributed by atoms with E-state index in [9.17, 15) is 19.7 Å². The van der Waals surface area contributed by atoms with E-state index in [1.54, 1.807) is 33.0 Å². The topological polar surface area (TPSA) is 124 Å². The van der Waals surface area contributed by atoms with Gasteiger partial charge in [-0.3, -0.25) is 29.8 Å². The second kappa shape index (κ2) is 15.9. The molecule has 1 aliphatic rings. The van der Waals surface area contributed by atoms with Crippen molar-refractivity contribution >= 4 is 29.4 Å². The second-order valence-corrected chi connectivity index (χ2v) is 11.5. The number of hydrogen-bond donors (Lipinski definition) is 0. The number of nitro groups is 1. The van der Waals surface area contributed by atoms with E-state index in [2.05, 4.69) is 58.2 Å². The Morgan fingerprint density at radius 3 is 2.48 bits per heavy atom. The number of hydrogen-bond acceptors (Lipinski definition) is 9. The van der Waals surface area contributed by atoms with Gasteiger partial charge in [-0.2, -0.15) is 0 Å². The molecule has 0 radical (unpaired) electrons. The zero-order chi connectivity index (χ0) is 33.2. The number of aliphatic imine (C=N–C) groups is 1. The third-order valence-corrected chi connectivity index (χ3v) is 7.78. The maximum Gasteiger partial charge on any atom is 0.336 e. The molecule has 10 nitrogen and oxygen atoms in total. The van der Waals surface area contributed by atoms with E-state index < -0.39 is 28.7 Å². The molecule has 1 aliphatic heterocycles. The van der Waals surface area contributed by atoms with E-state index in [4.69, 9.17) is 9.47 Å². The minimum Gasteiger partial charge on any atom is -0.465 e. The van der Waals surface area contributed by atoms with Crippen molar-refractivity contribution in [1.82, 2.24) is 9.88 Å². The molecule has 2 atom stereocenters. The highest BCUT2D eigenvalue weighted by molar-refractivity contribution is 6.07. The van der Waals surface area contributed by atoms with E-state index in [1.165, 1.54) is 29.3 Å². The van der Waals surface area contributed by atoms with Crippen LogP contribution >= 0.6 is 0 Å². The Hall–Kier alpha value is -4.96. The van der Waals surface area contributed by atoms with Crippen LogP contribution in [0.2, 0.25) is 0 Å². The van der Waals surface area contributed by atoms with Crippen LogP contribution in [-0.2, 0) is 25.5 Å². The van der Waals surface area contributed by atoms with Crippen LogP contribution in [0.1, 0.15) is 55.9 Å². The first-order valence-electron chi connectivity index (χ1n) is 15.2. The summed E-state index contributed by atoms with van der Waals surface area (Å²) in [6, 6.07) is 18.4. The summed E-state index contributed by atoms with van der Waals surface area (Å²) in [6.45, 7) is 8.51. The van der Waals surface area contributed by atoms with E-state index in [0.717, 1.165) is 17.6 Å². The van der Waals surface area contributed by atoms with Gasteiger partial charge in [0.1, 0.15) is 12.5 Å². The van der Waals surface area contributed by atoms with Gasteiger partial charge in [-0.25, -0.2) is 4.79 Å². The molecular weight excluding hydrogens is 584 g/mol. The number of likely N-dealkylation sites (N-methyl/N-ethyl adjacent to an activating group) is 1. The average Bonchev–Trinajstić information content (AvgIpc) is 3.02. The number of non-ortho nitro benzene ring substituents is 1. The molecule has 2 aromatic carbocycles. The molecule has 0 amide bonds. The van der Waals surface area contributed by atoms with Gasteiger partial charge in [-0.1, -0.05) is 54.1 Å². The zero-order valence-corrected chi connectivity index (χ0v) is 26.9. The van der Waals surface area contributed by atoms with Crippen LogP contribution in [0.15, 0.2) is 94.9 Å². The summed E-state index contributed by atoms with van der Waals surface area (Å²) in [5.41, 5.74) is 5.99. The molecule has 0 bridgehead atoms. The number of nitro benzene ring substituents is 1. The van der Waals surface area contributed by atoms with E-state index >= 15 is 0 Å². The van der Waals surface area contributed by atoms with Gasteiger partial charge < -0.3 is 9.47 Å². The summed E-state index contributed by atoms with van der Waals surface area (Å²) >= 11 is 0. The van der Waals surface area contributed by atoms with Crippen LogP contribution in [0.25, 0.3) is 6.08 Å². The minimum atomic E-state index is -0.923. The first-order chi connectivity index (χ1) is 22.1. The lowest BCUT2D eigenvalue weighted by Crippen LogP contribution is -2.37. The van der Waals surface area contributed by atoms with E-state index in [0.29, 0.717) is 30.1 Å². The molecule has 2 heterocycles. The molecule has 240 valence electrons. The van der Waals surface area contributed by atoms with Crippen LogP contribution in [-0.4, -0.2) is 65.8 Å². The smallest absolute Gasteiger partial charge is 0.336 e. The Labute approximate surface area is 269 Å². The quantitative estimate of drug-likeness (QED) is 0.126. The van der Waals surface area contributed by atoms with Crippen LogP contribution in [0.5, 0.6) is 0 Å². The van der Waals surface area contributed by atoms with E-state index in [1.807, 2.05) is 19.3 Å². The summed E-state index contributed by atoms with van der Waals surface area (Å²) in [7, 11) is 1.95. The maximum absolute atomic E-state index is 13.6. The van der Waals surface area contributed by atoms with Gasteiger partial charge in [0.05, 0.1) is 17.1 Å². The zero-order valence-electron chi connectivity index (χ0n) is 26.9. The highest BCUT2D eigenvalue weighted by Crippen LogP contribution is 2.41. The van der Waals surface area contributed by atoms with Gasteiger partial charge >= 0.3 is 11.9 Å². The van der Waals surface area contributed by atoms with Crippen molar-refractivity contribution in [3.05, 3.63) is 122 Å². The summed E-state index contributed by atoms with van der Waals surface area (Å²) in [5, 5.41) is 11.5. The lowest BCUT2D eigenvalue weighted by Gasteiger charge is -2.31. The Bertz CT molecular complexity index is 1650. The minimum absolute atomic E-state index is 0.108. The number of aromatic nitrogens is 1. The number of benzene rings is 2. The first kappa shape index (κ1) is 33.9. The Morgan fingerprint density at radius 1 is 1.04 bits per heavy atom. The predicted octanol–water partition coefficient (Wildman–Crippen LogP) is 6.17. The summed E-state index contributed by atoms with van der Waals surface area (Å²) in [5.74, 6) is -2.94. The average molecular weight is 625 g/mol. The van der Waals surface area contributed by atoms with Gasteiger partial charge in [0.2, 0.25) is 0 Å². The van der Waals surface area contributed by atoms with Gasteiger partial charge in [0.15, 0.2) is 0 Å². The number of allylic oxidation sites excluding steroid dienone is 1. The summed E-state index contributed by atoms with van der Waals surface area (Å²) in [4.78, 5) is 48.4. The van der Waals surface area contributed by atoms with Gasteiger partial charge in [0, 0.05) is 54.9 Å². The molecule has 10 heteroatoms. The SMILES string of the molecule is CCOC(=O)C1C(C)=NC(C)=C(C(=O)OCCN(C)CC(C)=Cc2ccc(Cc3cccnc3)cc2)C1c1cccc([N+](=O)[O-])c1. The predicted molar refractivity (Wildman–Crippen MR) is 177 cm³/mol. The van der Waals surface area contributed by atoms with Crippen molar-refractivity contribution in [3.8, 4) is 0 Å². The lowest BCUT2D eigenvalue weighted by atomic mass is 9.75. The lowest BCUT2D eigenvalue weighted by molar-refractivity contribution is -0.384. The molecule has 2 unspecified atom stereocenters. The summed E-state index contributed by atoms with van der Waals surface area (Å²) < 4.78 is 11.0. The molecule has 1 aromatic heterocycles. The monoisotopic (exact) mass is 624 g/mol. The number of esters is 2. The second-order valence-electron chi connectivity index (χ2n) is 11.5. The molecule has 3 aromatic rings. The van der Waals surface area contributed by atoms with Gasteiger partial charge in [-0.15, -0.1) is 0 Å². The molecule has 4 rings (SSSR count). The standard InChI is InChI=1S/C36H40N4O6/c1-6-45-35(41)32-25(3)38-26(4)33(34(32)30-10-7-11-31(21-30)40(43)44)36(42)46-18-17-39(5)23-24(2)19-27-12-14-28(15-13-27)20-29-9-8-16-37-22-29/h7-16,19,21-22,32,34H,6,17-18,20,23H2,1-5H3. The largest absolute Gasteiger partial charge is 0.465 e. The Morgan fingerprint density at radius 2 is 1.80 bits per heavy atom. The molecule has 0 saturated carbocycles. The number of rotatable bonds is 13. The number of pyridine rings is 1. The first-order valence-corrected chi connectivity index (χ1v) is 15.2. The number of ether oxygens (including phenoxy) is 2. The van der Waals surface area contributed by atoms with Gasteiger partial charge in [0.25, 0.3) is 5.69 Å². The van der Waals surface area contributed by atoms with Crippen LogP contribution in [0, 0.1) is 16.0 Å². The van der Waals surface area contributed by atoms with Crippen molar-refractivity contribution in [3.63, 3.8) is 0 Å². The van der Waals surface area contributed by atoms with Crippen molar-refractivity contribution in [2.24, 2.45) is 10.9 Å². The fraction of sp³-hybridized carbons (Fsp3) is 0.333. The van der Waals surface area contributed by atoms with Crippen molar-refractivity contribution < 1.29 is 24.0 Å². The molecule has 0 N–H and O–H groups in total. The third-order valence-electron chi connectivity index (χ3n) is 7.78. The fourth-order valence-electron chi connectivity index (χ4n) is 5.71. The number of carbonyl (C=O) groups is 2. The van der Waals surface area contributed by atoms with Crippen LogP contribution < -0.4 is 0 Å². The van der Waals surface area contributed by atoms with Crippen molar-refractivity contribution in [2.75, 3.05) is 33.4 Å². The number of nitrogens with zero attached hydrogens (tertiary/aromatic N) is 4. The van der Waals surface area contributed by atoms with Gasteiger partial charge in [-0.05, 0) is 69.5 Å². The molecule has 46 heavy (non-hydrogen) atoms. The molecule has 0 spiro atoms. The van der Waals surface area contributed by atoms with Crippen molar-refractivity contribution in [2.45, 2.75) is 40.0 Å². The molecule has 0 fully saturated rings. The Balaban J connectivity index is 1.41. The summed E-state index contributed by atoms with van der Waals surface area (Å²) in [6.07, 6.45) is 6.61. The molecular formula is C36H40N4O6.